The van der Waals surface area contributed by atoms with Crippen molar-refractivity contribution in [2.45, 2.75) is 25.5 Å². The smallest absolute Gasteiger partial charge is 0.246 e. The predicted molar refractivity (Wildman–Crippen MR) is 78.4 cm³/mol. The Hall–Kier alpha value is -1.92. The van der Waals surface area contributed by atoms with Crippen LogP contribution in [0.1, 0.15) is 18.5 Å². The lowest BCUT2D eigenvalue weighted by Gasteiger charge is -2.33. The summed E-state index contributed by atoms with van der Waals surface area (Å²) in [6.45, 7) is 2.54. The van der Waals surface area contributed by atoms with E-state index in [0.717, 1.165) is 43.8 Å². The van der Waals surface area contributed by atoms with Crippen molar-refractivity contribution in [1.82, 2.24) is 14.3 Å². The van der Waals surface area contributed by atoms with Gasteiger partial charge in [-0.2, -0.15) is 0 Å². The molecular formula is C15H20N4O2. The van der Waals surface area contributed by atoms with E-state index in [2.05, 4.69) is 14.3 Å². The van der Waals surface area contributed by atoms with Crippen LogP contribution in [0.4, 0.5) is 0 Å². The summed E-state index contributed by atoms with van der Waals surface area (Å²) in [5, 5.41) is 9.73. The highest BCUT2D eigenvalue weighted by atomic mass is 16.3. The summed E-state index contributed by atoms with van der Waals surface area (Å²) < 4.78 is 2.09. The van der Waals surface area contributed by atoms with Crippen molar-refractivity contribution in [1.29, 1.82) is 0 Å². The normalized spacial score (nSPS) is 18.9. The van der Waals surface area contributed by atoms with Gasteiger partial charge in [-0.25, -0.2) is 4.98 Å². The zero-order valence-electron chi connectivity index (χ0n) is 11.9. The highest BCUT2D eigenvalue weighted by molar-refractivity contribution is 5.78. The third-order valence-electron chi connectivity index (χ3n) is 4.25. The van der Waals surface area contributed by atoms with Gasteiger partial charge in [0, 0.05) is 12.7 Å². The first kappa shape index (κ1) is 14.0. The van der Waals surface area contributed by atoms with Crippen molar-refractivity contribution in [3.05, 3.63) is 36.3 Å². The Kier molecular flexibility index (Phi) is 3.90. The number of primary amides is 1. The second-order valence-electron chi connectivity index (χ2n) is 5.64. The average Bonchev–Trinajstić information content (AvgIpc) is 2.91. The van der Waals surface area contributed by atoms with Gasteiger partial charge in [0.05, 0.1) is 11.9 Å². The van der Waals surface area contributed by atoms with Crippen molar-refractivity contribution in [2.75, 3.05) is 13.1 Å². The second kappa shape index (κ2) is 5.83. The summed E-state index contributed by atoms with van der Waals surface area (Å²) in [5.74, 6) is -0.629. The molecule has 0 spiro atoms. The zero-order chi connectivity index (χ0) is 14.8. The average molecular weight is 288 g/mol. The lowest BCUT2D eigenvalue weighted by atomic mass is 9.91. The zero-order valence-corrected chi connectivity index (χ0v) is 11.9. The summed E-state index contributed by atoms with van der Waals surface area (Å²) in [6, 6.07) is 5.95. The number of fused-ring (bicyclic) bond motifs is 1. The quantitative estimate of drug-likeness (QED) is 0.852. The fourth-order valence-electron chi connectivity index (χ4n) is 2.99. The summed E-state index contributed by atoms with van der Waals surface area (Å²) in [6.07, 6.45) is 4.49. The molecule has 6 heteroatoms. The predicted octanol–water partition coefficient (Wildman–Crippen LogP) is 0.392. The molecule has 0 aromatic carbocycles. The van der Waals surface area contributed by atoms with E-state index < -0.39 is 12.0 Å². The van der Waals surface area contributed by atoms with Crippen LogP contribution in [0.5, 0.6) is 0 Å². The minimum absolute atomic E-state index is 0.0130. The Morgan fingerprint density at radius 3 is 2.90 bits per heavy atom. The lowest BCUT2D eigenvalue weighted by molar-refractivity contribution is -0.129. The van der Waals surface area contributed by atoms with Gasteiger partial charge in [0.2, 0.25) is 5.91 Å². The number of aromatic nitrogens is 2. The van der Waals surface area contributed by atoms with Crippen molar-refractivity contribution in [3.8, 4) is 0 Å². The monoisotopic (exact) mass is 288 g/mol. The van der Waals surface area contributed by atoms with Crippen molar-refractivity contribution >= 4 is 11.6 Å². The minimum Gasteiger partial charge on any atom is -0.383 e. The molecule has 0 radical (unpaired) electrons. The van der Waals surface area contributed by atoms with Gasteiger partial charge in [0.15, 0.2) is 0 Å². The van der Waals surface area contributed by atoms with Gasteiger partial charge in [-0.15, -0.1) is 0 Å². The number of carbonyl (C=O) groups excluding carboxylic acids is 1. The van der Waals surface area contributed by atoms with Crippen molar-refractivity contribution < 1.29 is 9.90 Å². The van der Waals surface area contributed by atoms with Gasteiger partial charge in [0.25, 0.3) is 0 Å². The first-order valence-corrected chi connectivity index (χ1v) is 7.26. The summed E-state index contributed by atoms with van der Waals surface area (Å²) in [4.78, 5) is 17.7. The van der Waals surface area contributed by atoms with Crippen LogP contribution < -0.4 is 5.73 Å². The van der Waals surface area contributed by atoms with E-state index in [1.54, 1.807) is 0 Å². The van der Waals surface area contributed by atoms with Crippen LogP contribution in [-0.4, -0.2) is 44.5 Å². The molecule has 1 aliphatic rings. The van der Waals surface area contributed by atoms with Gasteiger partial charge in [-0.1, -0.05) is 6.07 Å². The Bertz CT molecular complexity index is 631. The number of nitrogens with zero attached hydrogens (tertiary/aromatic N) is 3. The molecule has 1 fully saturated rings. The van der Waals surface area contributed by atoms with E-state index in [1.807, 2.05) is 30.6 Å². The van der Waals surface area contributed by atoms with E-state index in [1.165, 1.54) is 0 Å². The van der Waals surface area contributed by atoms with Crippen molar-refractivity contribution in [2.24, 2.45) is 11.7 Å². The Labute approximate surface area is 123 Å². The number of hydrogen-bond acceptors (Lipinski definition) is 4. The highest BCUT2D eigenvalue weighted by Crippen LogP contribution is 2.22. The molecule has 1 amide bonds. The van der Waals surface area contributed by atoms with E-state index in [-0.39, 0.29) is 5.92 Å². The summed E-state index contributed by atoms with van der Waals surface area (Å²) in [5.41, 5.74) is 7.26. The van der Waals surface area contributed by atoms with Crippen LogP contribution in [0, 0.1) is 5.92 Å². The number of piperidine rings is 1. The van der Waals surface area contributed by atoms with E-state index >= 15 is 0 Å². The molecule has 0 aliphatic carbocycles. The van der Waals surface area contributed by atoms with Crippen LogP contribution in [0.2, 0.25) is 0 Å². The Morgan fingerprint density at radius 2 is 2.19 bits per heavy atom. The number of carbonyl (C=O) groups is 1. The third-order valence-corrected chi connectivity index (χ3v) is 4.25. The van der Waals surface area contributed by atoms with Gasteiger partial charge in [0.1, 0.15) is 11.8 Å². The minimum atomic E-state index is -1.01. The molecule has 0 bridgehead atoms. The largest absolute Gasteiger partial charge is 0.383 e. The molecule has 21 heavy (non-hydrogen) atoms. The summed E-state index contributed by atoms with van der Waals surface area (Å²) >= 11 is 0. The third kappa shape index (κ3) is 2.91. The number of pyridine rings is 1. The number of hydrogen-bond donors (Lipinski definition) is 2. The van der Waals surface area contributed by atoms with Gasteiger partial charge in [-0.05, 0) is 44.0 Å². The van der Waals surface area contributed by atoms with E-state index in [9.17, 15) is 9.90 Å². The van der Waals surface area contributed by atoms with Crippen LogP contribution in [0.3, 0.4) is 0 Å². The number of imidazole rings is 1. The number of rotatable bonds is 4. The van der Waals surface area contributed by atoms with Gasteiger partial charge < -0.3 is 15.2 Å². The molecule has 3 rings (SSSR count). The number of likely N-dealkylation sites (tertiary alicyclic amines) is 1. The molecule has 1 saturated heterocycles. The molecule has 3 N–H and O–H groups in total. The molecule has 1 atom stereocenters. The number of nitrogens with two attached hydrogens (primary N) is 1. The number of aliphatic hydroxyl groups is 1. The molecular weight excluding hydrogens is 268 g/mol. The molecule has 2 aromatic rings. The first-order chi connectivity index (χ1) is 10.1. The lowest BCUT2D eigenvalue weighted by Crippen LogP contribution is -2.42. The maximum atomic E-state index is 11.0. The van der Waals surface area contributed by atoms with Gasteiger partial charge >= 0.3 is 0 Å². The molecule has 112 valence electrons. The van der Waals surface area contributed by atoms with Crippen LogP contribution in [-0.2, 0) is 11.3 Å². The Morgan fingerprint density at radius 1 is 1.43 bits per heavy atom. The number of aliphatic hydroxyl groups excluding tert-OH is 1. The molecule has 3 heterocycles. The Balaban J connectivity index is 1.62. The molecule has 6 nitrogen and oxygen atoms in total. The van der Waals surface area contributed by atoms with E-state index in [4.69, 9.17) is 5.73 Å². The van der Waals surface area contributed by atoms with E-state index in [0.29, 0.717) is 0 Å². The fraction of sp³-hybridized carbons (Fsp3) is 0.467. The highest BCUT2D eigenvalue weighted by Gasteiger charge is 2.28. The van der Waals surface area contributed by atoms with Crippen LogP contribution >= 0.6 is 0 Å². The number of amides is 1. The maximum Gasteiger partial charge on any atom is 0.246 e. The molecule has 2 aromatic heterocycles. The van der Waals surface area contributed by atoms with Crippen LogP contribution in [0.25, 0.3) is 5.65 Å². The maximum absolute atomic E-state index is 11.0. The molecule has 1 unspecified atom stereocenters. The standard InChI is InChI=1S/C15H20N4O2/c16-15(21)14(20)11-4-7-18(8-5-11)10-12-9-17-13-3-1-2-6-19(12)13/h1-3,6,9,11,14,20H,4-5,7-8,10H2,(H2,16,21). The van der Waals surface area contributed by atoms with Crippen LogP contribution in [0.15, 0.2) is 30.6 Å². The van der Waals surface area contributed by atoms with Crippen molar-refractivity contribution in [3.63, 3.8) is 0 Å². The summed E-state index contributed by atoms with van der Waals surface area (Å²) in [7, 11) is 0. The fourth-order valence-corrected chi connectivity index (χ4v) is 2.99. The topological polar surface area (TPSA) is 83.9 Å². The van der Waals surface area contributed by atoms with Gasteiger partial charge in [-0.3, -0.25) is 9.69 Å². The second-order valence-corrected chi connectivity index (χ2v) is 5.64. The SMILES string of the molecule is NC(=O)C(O)C1CCN(Cc2cnc3ccccn23)CC1. The molecule has 0 saturated carbocycles. The first-order valence-electron chi connectivity index (χ1n) is 7.26. The molecule has 1 aliphatic heterocycles.